The average Bonchev–Trinajstić information content (AvgIpc) is 3.31. The highest BCUT2D eigenvalue weighted by Crippen LogP contribution is 2.37. The Morgan fingerprint density at radius 2 is 1.81 bits per heavy atom. The molecule has 186 valence electrons. The number of halogens is 1. The van der Waals surface area contributed by atoms with Crippen LogP contribution in [-0.2, 0) is 0 Å². The van der Waals surface area contributed by atoms with Gasteiger partial charge in [-0.15, -0.1) is 0 Å². The molecule has 8 heteroatoms. The first kappa shape index (κ1) is 24.2. The van der Waals surface area contributed by atoms with Crippen molar-refractivity contribution < 1.29 is 9.53 Å². The van der Waals surface area contributed by atoms with Gasteiger partial charge in [-0.05, 0) is 42.9 Å². The van der Waals surface area contributed by atoms with Gasteiger partial charge in [-0.2, -0.15) is 0 Å². The monoisotopic (exact) mass is 503 g/mol. The summed E-state index contributed by atoms with van der Waals surface area (Å²) in [6.45, 7) is 4.03. The SMILES string of the molecule is COc1cc(-c2cnc3[nH]cc(-c4ccc(C(=O)N(C)C)cc4Cl)c3c2)ccc1N1CCN(C)CC1. The molecule has 1 amide bonds. The fourth-order valence-electron chi connectivity index (χ4n) is 4.67. The maximum absolute atomic E-state index is 12.3. The van der Waals surface area contributed by atoms with Gasteiger partial charge in [-0.25, -0.2) is 4.98 Å². The number of piperazine rings is 1. The Labute approximate surface area is 216 Å². The number of H-pyrrole nitrogens is 1. The molecule has 3 heterocycles. The number of methoxy groups -OCH3 is 1. The van der Waals surface area contributed by atoms with Gasteiger partial charge in [0.1, 0.15) is 11.4 Å². The second kappa shape index (κ2) is 9.84. The van der Waals surface area contributed by atoms with E-state index in [1.807, 2.05) is 24.5 Å². The largest absolute Gasteiger partial charge is 0.495 e. The van der Waals surface area contributed by atoms with E-state index in [9.17, 15) is 4.79 Å². The van der Waals surface area contributed by atoms with Gasteiger partial charge >= 0.3 is 0 Å². The predicted molar refractivity (Wildman–Crippen MR) is 146 cm³/mol. The number of nitrogens with one attached hydrogen (secondary N) is 1. The molecule has 2 aromatic carbocycles. The highest BCUT2D eigenvalue weighted by atomic mass is 35.5. The fourth-order valence-corrected chi connectivity index (χ4v) is 4.96. The number of aromatic nitrogens is 2. The van der Waals surface area contributed by atoms with Crippen molar-refractivity contribution in [3.8, 4) is 28.0 Å². The van der Waals surface area contributed by atoms with Crippen LogP contribution >= 0.6 is 11.6 Å². The van der Waals surface area contributed by atoms with Gasteiger partial charge in [0.05, 0.1) is 12.8 Å². The van der Waals surface area contributed by atoms with Crippen LogP contribution in [-0.4, -0.2) is 80.1 Å². The lowest BCUT2D eigenvalue weighted by Crippen LogP contribution is -2.44. The van der Waals surface area contributed by atoms with E-state index in [1.54, 1.807) is 27.3 Å². The number of aromatic amines is 1. The zero-order valence-electron chi connectivity index (χ0n) is 21.0. The van der Waals surface area contributed by atoms with E-state index in [0.29, 0.717) is 10.6 Å². The summed E-state index contributed by atoms with van der Waals surface area (Å²) in [5.41, 5.74) is 6.25. The third-order valence-electron chi connectivity index (χ3n) is 6.80. The number of carbonyl (C=O) groups excluding carboxylic acids is 1. The Hall–Kier alpha value is -3.55. The first-order chi connectivity index (χ1) is 17.4. The summed E-state index contributed by atoms with van der Waals surface area (Å²) in [4.78, 5) is 26.5. The minimum Gasteiger partial charge on any atom is -0.495 e. The third-order valence-corrected chi connectivity index (χ3v) is 7.11. The van der Waals surface area contributed by atoms with E-state index in [1.165, 1.54) is 4.90 Å². The number of hydrogen-bond acceptors (Lipinski definition) is 5. The van der Waals surface area contributed by atoms with Crippen LogP contribution in [0.1, 0.15) is 10.4 Å². The van der Waals surface area contributed by atoms with Gasteiger partial charge in [-0.1, -0.05) is 23.7 Å². The highest BCUT2D eigenvalue weighted by molar-refractivity contribution is 6.34. The standard InChI is InChI=1S/C28H30ClN5O2/c1-32(2)28(35)19-5-7-21(24(29)14-19)23-17-31-27-22(23)13-20(16-30-27)18-6-8-25(26(15-18)36-4)34-11-9-33(3)10-12-34/h5-8,13-17H,9-12H2,1-4H3,(H,30,31). The Balaban J connectivity index is 1.50. The van der Waals surface area contributed by atoms with Gasteiger partial charge in [0.15, 0.2) is 0 Å². The van der Waals surface area contributed by atoms with E-state index in [4.69, 9.17) is 16.3 Å². The molecule has 0 atom stereocenters. The van der Waals surface area contributed by atoms with Crippen molar-refractivity contribution >= 4 is 34.2 Å². The molecule has 36 heavy (non-hydrogen) atoms. The lowest BCUT2D eigenvalue weighted by atomic mass is 10.0. The smallest absolute Gasteiger partial charge is 0.253 e. The molecule has 1 N–H and O–H groups in total. The number of amides is 1. The van der Waals surface area contributed by atoms with E-state index in [-0.39, 0.29) is 5.91 Å². The second-order valence-electron chi connectivity index (χ2n) is 9.39. The topological polar surface area (TPSA) is 64.7 Å². The van der Waals surface area contributed by atoms with E-state index >= 15 is 0 Å². The molecule has 0 saturated carbocycles. The van der Waals surface area contributed by atoms with Crippen molar-refractivity contribution in [2.24, 2.45) is 0 Å². The molecule has 1 aliphatic rings. The number of pyridine rings is 1. The molecule has 1 saturated heterocycles. The van der Waals surface area contributed by atoms with Crippen LogP contribution in [0.3, 0.4) is 0 Å². The average molecular weight is 504 g/mol. The van der Waals surface area contributed by atoms with Crippen molar-refractivity contribution in [3.05, 3.63) is 65.4 Å². The molecule has 0 unspecified atom stereocenters. The molecule has 1 fully saturated rings. The number of hydrogen-bond donors (Lipinski definition) is 1. The van der Waals surface area contributed by atoms with Crippen LogP contribution in [0.25, 0.3) is 33.3 Å². The quantitative estimate of drug-likeness (QED) is 0.414. The molecule has 0 bridgehead atoms. The Morgan fingerprint density at radius 3 is 2.50 bits per heavy atom. The Kier molecular flexibility index (Phi) is 6.60. The van der Waals surface area contributed by atoms with E-state index in [0.717, 1.165) is 70.9 Å². The lowest BCUT2D eigenvalue weighted by molar-refractivity contribution is 0.0827. The zero-order chi connectivity index (χ0) is 25.4. The maximum Gasteiger partial charge on any atom is 0.253 e. The summed E-state index contributed by atoms with van der Waals surface area (Å²) < 4.78 is 5.79. The first-order valence-corrected chi connectivity index (χ1v) is 12.3. The van der Waals surface area contributed by atoms with Gasteiger partial charge in [0, 0.05) is 85.3 Å². The molecule has 7 nitrogen and oxygen atoms in total. The first-order valence-electron chi connectivity index (χ1n) is 12.0. The summed E-state index contributed by atoms with van der Waals surface area (Å²) in [7, 11) is 7.32. The molecular formula is C28H30ClN5O2. The zero-order valence-corrected chi connectivity index (χ0v) is 21.8. The maximum atomic E-state index is 12.3. The second-order valence-corrected chi connectivity index (χ2v) is 9.80. The van der Waals surface area contributed by atoms with Crippen molar-refractivity contribution in [3.63, 3.8) is 0 Å². The molecule has 0 aliphatic carbocycles. The number of anilines is 1. The van der Waals surface area contributed by atoms with Crippen LogP contribution in [0.2, 0.25) is 5.02 Å². The summed E-state index contributed by atoms with van der Waals surface area (Å²) in [5.74, 6) is 0.774. The predicted octanol–water partition coefficient (Wildman–Crippen LogP) is 5.01. The van der Waals surface area contributed by atoms with Crippen LogP contribution in [0.5, 0.6) is 5.75 Å². The van der Waals surface area contributed by atoms with Crippen molar-refractivity contribution in [2.45, 2.75) is 0 Å². The van der Waals surface area contributed by atoms with Gasteiger partial charge in [0.2, 0.25) is 0 Å². The molecule has 0 spiro atoms. The lowest BCUT2D eigenvalue weighted by Gasteiger charge is -2.34. The van der Waals surface area contributed by atoms with Crippen LogP contribution in [0, 0.1) is 0 Å². The van der Waals surface area contributed by atoms with Crippen molar-refractivity contribution in [2.75, 3.05) is 59.3 Å². The van der Waals surface area contributed by atoms with Gasteiger partial charge in [-0.3, -0.25) is 4.79 Å². The number of rotatable bonds is 5. The molecule has 1 aliphatic heterocycles. The molecule has 4 aromatic rings. The summed E-state index contributed by atoms with van der Waals surface area (Å²) in [5, 5.41) is 1.48. The fraction of sp³-hybridized carbons (Fsp3) is 0.286. The molecule has 0 radical (unpaired) electrons. The number of likely N-dealkylation sites (N-methyl/N-ethyl adjacent to an activating group) is 1. The van der Waals surface area contributed by atoms with Gasteiger partial charge in [0.25, 0.3) is 5.91 Å². The third kappa shape index (κ3) is 4.52. The highest BCUT2D eigenvalue weighted by Gasteiger charge is 2.19. The number of nitrogens with zero attached hydrogens (tertiary/aromatic N) is 4. The normalized spacial score (nSPS) is 14.3. The molecule has 2 aromatic heterocycles. The van der Waals surface area contributed by atoms with Crippen molar-refractivity contribution in [1.82, 2.24) is 19.8 Å². The van der Waals surface area contributed by atoms with Crippen LogP contribution < -0.4 is 9.64 Å². The summed E-state index contributed by atoms with van der Waals surface area (Å²) >= 11 is 6.64. The Morgan fingerprint density at radius 1 is 1.03 bits per heavy atom. The van der Waals surface area contributed by atoms with E-state index < -0.39 is 0 Å². The molecule has 5 rings (SSSR count). The number of fused-ring (bicyclic) bond motifs is 1. The number of carbonyl (C=O) groups is 1. The minimum atomic E-state index is -0.0831. The van der Waals surface area contributed by atoms with Crippen LogP contribution in [0.4, 0.5) is 5.69 Å². The summed E-state index contributed by atoms with van der Waals surface area (Å²) in [6, 6.07) is 13.9. The Bertz CT molecular complexity index is 1420. The minimum absolute atomic E-state index is 0.0831. The summed E-state index contributed by atoms with van der Waals surface area (Å²) in [6.07, 6.45) is 3.78. The van der Waals surface area contributed by atoms with Crippen LogP contribution in [0.15, 0.2) is 54.9 Å². The number of benzene rings is 2. The van der Waals surface area contributed by atoms with Gasteiger partial charge < -0.3 is 24.4 Å². The number of ether oxygens (including phenoxy) is 1. The van der Waals surface area contributed by atoms with E-state index in [2.05, 4.69) is 51.1 Å². The van der Waals surface area contributed by atoms with Crippen molar-refractivity contribution in [1.29, 1.82) is 0 Å². The molecular weight excluding hydrogens is 474 g/mol.